The first kappa shape index (κ1) is 19.4. The maximum absolute atomic E-state index is 12.6. The molecule has 0 heterocycles. The predicted molar refractivity (Wildman–Crippen MR) is 86.6 cm³/mol. The first-order valence-electron chi connectivity index (χ1n) is 8.13. The summed E-state index contributed by atoms with van der Waals surface area (Å²) in [6.07, 6.45) is 0.943. The van der Waals surface area contributed by atoms with Gasteiger partial charge in [-0.3, -0.25) is 4.79 Å². The third kappa shape index (κ3) is 6.71. The van der Waals surface area contributed by atoms with Crippen molar-refractivity contribution < 1.29 is 4.79 Å². The van der Waals surface area contributed by atoms with Crippen molar-refractivity contribution in [1.29, 1.82) is 0 Å². The van der Waals surface area contributed by atoms with E-state index in [1.54, 1.807) is 0 Å². The van der Waals surface area contributed by atoms with Crippen LogP contribution in [0, 0.1) is 11.8 Å². The van der Waals surface area contributed by atoms with Gasteiger partial charge in [-0.1, -0.05) is 48.0 Å². The number of nitrogens with zero attached hydrogens (tertiary/aromatic N) is 2. The van der Waals surface area contributed by atoms with Crippen LogP contribution in [0.5, 0.6) is 0 Å². The van der Waals surface area contributed by atoms with E-state index in [4.69, 9.17) is 5.73 Å². The quantitative estimate of drug-likeness (QED) is 0.669. The molecule has 20 heavy (non-hydrogen) atoms. The largest absolute Gasteiger partial charge is 0.340 e. The number of carbonyl (C=O) groups is 1. The monoisotopic (exact) mass is 285 g/mol. The molecule has 2 N–H and O–H groups in total. The molecule has 120 valence electrons. The lowest BCUT2D eigenvalue weighted by Crippen LogP contribution is -2.50. The summed E-state index contributed by atoms with van der Waals surface area (Å²) in [7, 11) is 0. The maximum atomic E-state index is 12.6. The average molecular weight is 285 g/mol. The summed E-state index contributed by atoms with van der Waals surface area (Å²) in [6, 6.07) is -0.365. The van der Waals surface area contributed by atoms with Gasteiger partial charge in [-0.15, -0.1) is 0 Å². The molecule has 0 aromatic carbocycles. The second kappa shape index (κ2) is 10.2. The first-order valence-corrected chi connectivity index (χ1v) is 8.13. The van der Waals surface area contributed by atoms with Gasteiger partial charge in [0.1, 0.15) is 0 Å². The molecule has 0 aromatic heterocycles. The lowest BCUT2D eigenvalue weighted by molar-refractivity contribution is -0.134. The molecule has 2 unspecified atom stereocenters. The van der Waals surface area contributed by atoms with E-state index < -0.39 is 0 Å². The molecule has 4 nitrogen and oxygen atoms in total. The van der Waals surface area contributed by atoms with Crippen molar-refractivity contribution in [3.05, 3.63) is 0 Å². The minimum absolute atomic E-state index is 0.111. The van der Waals surface area contributed by atoms with Crippen molar-refractivity contribution in [3.8, 4) is 0 Å². The van der Waals surface area contributed by atoms with E-state index in [2.05, 4.69) is 46.4 Å². The first-order chi connectivity index (χ1) is 9.37. The Labute approximate surface area is 125 Å². The number of likely N-dealkylation sites (N-methyl/N-ethyl adjacent to an activating group) is 1. The van der Waals surface area contributed by atoms with Gasteiger partial charge in [-0.05, 0) is 24.9 Å². The van der Waals surface area contributed by atoms with E-state index in [0.717, 1.165) is 39.1 Å². The van der Waals surface area contributed by atoms with Crippen LogP contribution in [0.15, 0.2) is 0 Å². The van der Waals surface area contributed by atoms with Crippen molar-refractivity contribution in [3.63, 3.8) is 0 Å². The third-order valence-corrected chi connectivity index (χ3v) is 4.02. The molecule has 0 radical (unpaired) electrons. The highest BCUT2D eigenvalue weighted by Gasteiger charge is 2.25. The van der Waals surface area contributed by atoms with E-state index in [1.807, 2.05) is 4.90 Å². The molecule has 2 atom stereocenters. The Bertz CT molecular complexity index is 264. The van der Waals surface area contributed by atoms with Gasteiger partial charge in [0.25, 0.3) is 0 Å². The van der Waals surface area contributed by atoms with Crippen LogP contribution in [-0.2, 0) is 4.79 Å². The highest BCUT2D eigenvalue weighted by atomic mass is 16.2. The molecule has 0 fully saturated rings. The van der Waals surface area contributed by atoms with Crippen molar-refractivity contribution in [2.24, 2.45) is 17.6 Å². The van der Waals surface area contributed by atoms with Crippen LogP contribution in [0.4, 0.5) is 0 Å². The fourth-order valence-corrected chi connectivity index (χ4v) is 2.24. The van der Waals surface area contributed by atoms with Gasteiger partial charge < -0.3 is 15.5 Å². The van der Waals surface area contributed by atoms with E-state index in [-0.39, 0.29) is 17.9 Å². The molecule has 0 aliphatic rings. The summed E-state index contributed by atoms with van der Waals surface area (Å²) in [5, 5.41) is 0. The number of nitrogens with two attached hydrogens (primary N) is 1. The normalized spacial score (nSPS) is 14.7. The molecular formula is C16H35N3O. The number of amides is 1. The van der Waals surface area contributed by atoms with Gasteiger partial charge in [0.05, 0.1) is 6.04 Å². The Balaban J connectivity index is 4.65. The van der Waals surface area contributed by atoms with Crippen molar-refractivity contribution in [2.75, 3.05) is 32.7 Å². The zero-order chi connectivity index (χ0) is 15.7. The molecule has 0 saturated heterocycles. The number of carbonyl (C=O) groups excluding carboxylic acids is 1. The van der Waals surface area contributed by atoms with Gasteiger partial charge in [0.2, 0.25) is 5.91 Å². The number of rotatable bonds is 10. The van der Waals surface area contributed by atoms with Gasteiger partial charge in [-0.2, -0.15) is 0 Å². The molecule has 0 saturated carbocycles. The molecule has 4 heteroatoms. The molecule has 0 rings (SSSR count). The molecule has 0 aliphatic heterocycles. The van der Waals surface area contributed by atoms with Crippen LogP contribution >= 0.6 is 0 Å². The molecular weight excluding hydrogens is 250 g/mol. The van der Waals surface area contributed by atoms with E-state index in [1.165, 1.54) is 0 Å². The molecule has 0 aromatic rings. The Morgan fingerprint density at radius 3 is 2.00 bits per heavy atom. The fraction of sp³-hybridized carbons (Fsp3) is 0.938. The van der Waals surface area contributed by atoms with E-state index in [0.29, 0.717) is 5.92 Å². The van der Waals surface area contributed by atoms with Crippen LogP contribution in [-0.4, -0.2) is 54.5 Å². The Kier molecular flexibility index (Phi) is 9.86. The van der Waals surface area contributed by atoms with E-state index >= 15 is 0 Å². The second-order valence-corrected chi connectivity index (χ2v) is 6.12. The van der Waals surface area contributed by atoms with Gasteiger partial charge in [0.15, 0.2) is 0 Å². The van der Waals surface area contributed by atoms with Crippen LogP contribution < -0.4 is 5.73 Å². The molecule has 1 amide bonds. The summed E-state index contributed by atoms with van der Waals surface area (Å²) in [4.78, 5) is 16.9. The van der Waals surface area contributed by atoms with Crippen molar-refractivity contribution >= 4 is 5.91 Å². The Hall–Kier alpha value is -0.610. The second-order valence-electron chi connectivity index (χ2n) is 6.12. The van der Waals surface area contributed by atoms with Crippen LogP contribution in [0.2, 0.25) is 0 Å². The summed E-state index contributed by atoms with van der Waals surface area (Å²) in [6.45, 7) is 17.3. The molecule has 0 aliphatic carbocycles. The zero-order valence-corrected chi connectivity index (χ0v) is 14.4. The lowest BCUT2D eigenvalue weighted by Gasteiger charge is -2.31. The number of hydrogen-bond acceptors (Lipinski definition) is 3. The van der Waals surface area contributed by atoms with Gasteiger partial charge in [-0.25, -0.2) is 0 Å². The van der Waals surface area contributed by atoms with Gasteiger partial charge >= 0.3 is 0 Å². The Morgan fingerprint density at radius 2 is 1.60 bits per heavy atom. The minimum Gasteiger partial charge on any atom is -0.340 e. The lowest BCUT2D eigenvalue weighted by atomic mass is 9.98. The SMILES string of the molecule is CCC(C)C(N)C(=O)N(CCN(CC)CC)CC(C)C. The minimum atomic E-state index is -0.365. The van der Waals surface area contributed by atoms with Crippen molar-refractivity contribution in [1.82, 2.24) is 9.80 Å². The smallest absolute Gasteiger partial charge is 0.239 e. The van der Waals surface area contributed by atoms with E-state index in [9.17, 15) is 4.79 Å². The zero-order valence-electron chi connectivity index (χ0n) is 14.4. The third-order valence-electron chi connectivity index (χ3n) is 4.02. The van der Waals surface area contributed by atoms with Gasteiger partial charge in [0, 0.05) is 19.6 Å². The maximum Gasteiger partial charge on any atom is 0.239 e. The van der Waals surface area contributed by atoms with Crippen LogP contribution in [0.3, 0.4) is 0 Å². The number of hydrogen-bond donors (Lipinski definition) is 1. The average Bonchev–Trinajstić information content (AvgIpc) is 2.44. The molecule has 0 spiro atoms. The van der Waals surface area contributed by atoms with Crippen LogP contribution in [0.1, 0.15) is 48.0 Å². The highest BCUT2D eigenvalue weighted by Crippen LogP contribution is 2.10. The topological polar surface area (TPSA) is 49.6 Å². The van der Waals surface area contributed by atoms with Crippen LogP contribution in [0.25, 0.3) is 0 Å². The molecule has 0 bridgehead atoms. The fourth-order valence-electron chi connectivity index (χ4n) is 2.24. The summed E-state index contributed by atoms with van der Waals surface area (Å²) in [5.74, 6) is 0.825. The standard InChI is InChI=1S/C16H35N3O/c1-7-14(6)15(17)16(20)19(12-13(4)5)11-10-18(8-2)9-3/h13-15H,7-12,17H2,1-6H3. The summed E-state index contributed by atoms with van der Waals surface area (Å²) < 4.78 is 0. The Morgan fingerprint density at radius 1 is 1.05 bits per heavy atom. The summed E-state index contributed by atoms with van der Waals surface area (Å²) in [5.41, 5.74) is 6.11. The summed E-state index contributed by atoms with van der Waals surface area (Å²) >= 11 is 0. The predicted octanol–water partition coefficient (Wildman–Crippen LogP) is 2.19. The highest BCUT2D eigenvalue weighted by molar-refractivity contribution is 5.82. The van der Waals surface area contributed by atoms with Crippen molar-refractivity contribution in [2.45, 2.75) is 54.0 Å².